The van der Waals surface area contributed by atoms with Gasteiger partial charge in [-0.3, -0.25) is 9.97 Å². The number of nitrogens with zero attached hydrogens (tertiary/aromatic N) is 2. The van der Waals surface area contributed by atoms with Gasteiger partial charge in [-0.05, 0) is 54.4 Å². The SMILES string of the molecule is C=C(NCc1ccccn1)c1cccc(Cc2cc(Cl)ccc2C)n1. The third kappa shape index (κ3) is 4.68. The van der Waals surface area contributed by atoms with Gasteiger partial charge in [0.15, 0.2) is 0 Å². The smallest absolute Gasteiger partial charge is 0.0858 e. The van der Waals surface area contributed by atoms with Crippen molar-refractivity contribution in [2.24, 2.45) is 0 Å². The van der Waals surface area contributed by atoms with Crippen molar-refractivity contribution in [3.63, 3.8) is 0 Å². The van der Waals surface area contributed by atoms with E-state index in [9.17, 15) is 0 Å². The fourth-order valence-electron chi connectivity index (χ4n) is 2.56. The van der Waals surface area contributed by atoms with Crippen LogP contribution < -0.4 is 5.32 Å². The summed E-state index contributed by atoms with van der Waals surface area (Å²) in [5, 5.41) is 4.03. The number of hydrogen-bond donors (Lipinski definition) is 1. The Labute approximate surface area is 153 Å². The van der Waals surface area contributed by atoms with Crippen LogP contribution in [0.1, 0.15) is 28.2 Å². The highest BCUT2D eigenvalue weighted by atomic mass is 35.5. The van der Waals surface area contributed by atoms with Crippen molar-refractivity contribution in [1.29, 1.82) is 0 Å². The normalized spacial score (nSPS) is 10.5. The van der Waals surface area contributed by atoms with Crippen LogP contribution in [0.5, 0.6) is 0 Å². The summed E-state index contributed by atoms with van der Waals surface area (Å²) in [5.74, 6) is 0. The Morgan fingerprint density at radius 3 is 2.72 bits per heavy atom. The van der Waals surface area contributed by atoms with Gasteiger partial charge in [0.2, 0.25) is 0 Å². The fraction of sp³-hybridized carbons (Fsp3) is 0.143. The van der Waals surface area contributed by atoms with E-state index < -0.39 is 0 Å². The molecule has 0 radical (unpaired) electrons. The summed E-state index contributed by atoms with van der Waals surface area (Å²) in [4.78, 5) is 9.02. The van der Waals surface area contributed by atoms with E-state index in [1.54, 1.807) is 6.20 Å². The second-order valence-electron chi connectivity index (χ2n) is 5.91. The summed E-state index contributed by atoms with van der Waals surface area (Å²) in [6.07, 6.45) is 2.53. The number of halogens is 1. The minimum absolute atomic E-state index is 0.624. The van der Waals surface area contributed by atoms with Crippen molar-refractivity contribution in [1.82, 2.24) is 15.3 Å². The van der Waals surface area contributed by atoms with Crippen LogP contribution in [0.15, 0.2) is 67.4 Å². The monoisotopic (exact) mass is 349 g/mol. The average molecular weight is 350 g/mol. The number of hydrogen-bond acceptors (Lipinski definition) is 3. The predicted molar refractivity (Wildman–Crippen MR) is 103 cm³/mol. The van der Waals surface area contributed by atoms with Gasteiger partial charge in [-0.2, -0.15) is 0 Å². The third-order valence-corrected chi connectivity index (χ3v) is 4.24. The number of nitrogens with one attached hydrogen (secondary N) is 1. The number of pyridine rings is 2. The number of rotatable bonds is 6. The van der Waals surface area contributed by atoms with Crippen molar-refractivity contribution >= 4 is 17.3 Å². The largest absolute Gasteiger partial charge is 0.378 e. The Morgan fingerprint density at radius 2 is 1.92 bits per heavy atom. The van der Waals surface area contributed by atoms with Crippen LogP contribution in [-0.4, -0.2) is 9.97 Å². The Kier molecular flexibility index (Phi) is 5.46. The topological polar surface area (TPSA) is 37.8 Å². The Balaban J connectivity index is 1.70. The number of aryl methyl sites for hydroxylation is 1. The van der Waals surface area contributed by atoms with E-state index in [0.717, 1.165) is 34.2 Å². The van der Waals surface area contributed by atoms with Gasteiger partial charge in [0.1, 0.15) is 0 Å². The summed E-state index contributed by atoms with van der Waals surface area (Å²) in [5.41, 5.74) is 5.98. The average Bonchev–Trinajstić information content (AvgIpc) is 2.64. The van der Waals surface area contributed by atoms with Crippen LogP contribution in [0.25, 0.3) is 5.70 Å². The standard InChI is InChI=1S/C21H20ClN3/c1-15-9-10-18(22)12-17(15)13-19-7-5-8-21(25-19)16(2)24-14-20-6-3-4-11-23-20/h3-12,24H,2,13-14H2,1H3. The second-order valence-corrected chi connectivity index (χ2v) is 6.35. The van der Waals surface area contributed by atoms with Crippen molar-refractivity contribution in [3.05, 3.63) is 101 Å². The molecule has 0 aliphatic carbocycles. The summed E-state index contributed by atoms with van der Waals surface area (Å²) in [6, 6.07) is 17.8. The quantitative estimate of drug-likeness (QED) is 0.695. The maximum absolute atomic E-state index is 6.11. The van der Waals surface area contributed by atoms with Crippen LogP contribution in [0.3, 0.4) is 0 Å². The number of benzene rings is 1. The molecule has 2 aromatic heterocycles. The lowest BCUT2D eigenvalue weighted by Crippen LogP contribution is -2.13. The molecule has 0 aliphatic heterocycles. The van der Waals surface area contributed by atoms with Crippen LogP contribution in [0.2, 0.25) is 5.02 Å². The molecule has 0 saturated heterocycles. The molecule has 1 aromatic carbocycles. The van der Waals surface area contributed by atoms with E-state index in [1.807, 2.05) is 54.6 Å². The summed E-state index contributed by atoms with van der Waals surface area (Å²) in [7, 11) is 0. The molecule has 0 fully saturated rings. The van der Waals surface area contributed by atoms with Crippen molar-refractivity contribution in [2.75, 3.05) is 0 Å². The van der Waals surface area contributed by atoms with Gasteiger partial charge >= 0.3 is 0 Å². The minimum atomic E-state index is 0.624. The molecular formula is C21H20ClN3. The van der Waals surface area contributed by atoms with Gasteiger partial charge in [0.25, 0.3) is 0 Å². The van der Waals surface area contributed by atoms with E-state index in [-0.39, 0.29) is 0 Å². The Bertz CT molecular complexity index is 875. The number of aromatic nitrogens is 2. The van der Waals surface area contributed by atoms with Gasteiger partial charge in [-0.25, -0.2) is 0 Å². The Hall–Kier alpha value is -2.65. The van der Waals surface area contributed by atoms with E-state index >= 15 is 0 Å². The molecule has 2 heterocycles. The van der Waals surface area contributed by atoms with Gasteiger partial charge in [0.05, 0.1) is 23.6 Å². The summed E-state index contributed by atoms with van der Waals surface area (Å²) < 4.78 is 0. The lowest BCUT2D eigenvalue weighted by molar-refractivity contribution is 0.847. The molecule has 0 atom stereocenters. The van der Waals surface area contributed by atoms with E-state index in [1.165, 1.54) is 11.1 Å². The van der Waals surface area contributed by atoms with Gasteiger partial charge < -0.3 is 5.32 Å². The molecule has 25 heavy (non-hydrogen) atoms. The van der Waals surface area contributed by atoms with Gasteiger partial charge in [0, 0.05) is 23.3 Å². The molecule has 126 valence electrons. The first kappa shape index (κ1) is 17.2. The molecular weight excluding hydrogens is 330 g/mol. The summed E-state index contributed by atoms with van der Waals surface area (Å²) >= 11 is 6.11. The van der Waals surface area contributed by atoms with E-state index in [4.69, 9.17) is 16.6 Å². The maximum Gasteiger partial charge on any atom is 0.0858 e. The highest BCUT2D eigenvalue weighted by molar-refractivity contribution is 6.30. The zero-order valence-electron chi connectivity index (χ0n) is 14.2. The van der Waals surface area contributed by atoms with Crippen LogP contribution >= 0.6 is 11.6 Å². The van der Waals surface area contributed by atoms with Crippen molar-refractivity contribution < 1.29 is 0 Å². The zero-order chi connectivity index (χ0) is 17.6. The molecule has 0 saturated carbocycles. The van der Waals surface area contributed by atoms with Gasteiger partial charge in [-0.15, -0.1) is 0 Å². The van der Waals surface area contributed by atoms with Crippen LogP contribution in [0, 0.1) is 6.92 Å². The Morgan fingerprint density at radius 1 is 1.08 bits per heavy atom. The zero-order valence-corrected chi connectivity index (χ0v) is 14.9. The molecule has 1 N–H and O–H groups in total. The second kappa shape index (κ2) is 7.95. The maximum atomic E-state index is 6.11. The molecule has 0 spiro atoms. The first-order chi connectivity index (χ1) is 12.1. The molecule has 0 bridgehead atoms. The highest BCUT2D eigenvalue weighted by Crippen LogP contribution is 2.19. The van der Waals surface area contributed by atoms with Crippen LogP contribution in [0.4, 0.5) is 0 Å². The fourth-order valence-corrected chi connectivity index (χ4v) is 2.76. The van der Waals surface area contributed by atoms with Crippen molar-refractivity contribution in [3.8, 4) is 0 Å². The third-order valence-electron chi connectivity index (χ3n) is 4.01. The highest BCUT2D eigenvalue weighted by Gasteiger charge is 2.06. The van der Waals surface area contributed by atoms with E-state index in [2.05, 4.69) is 23.8 Å². The molecule has 0 unspecified atom stereocenters. The first-order valence-electron chi connectivity index (χ1n) is 8.16. The van der Waals surface area contributed by atoms with Gasteiger partial charge in [-0.1, -0.05) is 36.4 Å². The lowest BCUT2D eigenvalue weighted by Gasteiger charge is -2.11. The predicted octanol–water partition coefficient (Wildman–Crippen LogP) is 4.79. The molecule has 4 heteroatoms. The van der Waals surface area contributed by atoms with Crippen molar-refractivity contribution in [2.45, 2.75) is 19.9 Å². The van der Waals surface area contributed by atoms with E-state index in [0.29, 0.717) is 6.54 Å². The molecule has 3 rings (SSSR count). The minimum Gasteiger partial charge on any atom is -0.378 e. The molecule has 3 aromatic rings. The summed E-state index contributed by atoms with van der Waals surface area (Å²) in [6.45, 7) is 6.81. The first-order valence-corrected chi connectivity index (χ1v) is 8.53. The lowest BCUT2D eigenvalue weighted by atomic mass is 10.0. The molecule has 3 nitrogen and oxygen atoms in total. The van der Waals surface area contributed by atoms with Crippen LogP contribution in [-0.2, 0) is 13.0 Å². The molecule has 0 aliphatic rings. The molecule has 0 amide bonds.